The second-order valence-electron chi connectivity index (χ2n) is 9.11. The van der Waals surface area contributed by atoms with Crippen LogP contribution in [-0.4, -0.2) is 5.97 Å². The Morgan fingerprint density at radius 3 is 1.05 bits per heavy atom. The largest absolute Gasteiger partial charge is 1.00 e. The number of aromatic carboxylic acids is 1. The minimum absolute atomic E-state index is 0. The van der Waals surface area contributed by atoms with E-state index in [2.05, 4.69) is 48.5 Å². The maximum absolute atomic E-state index is 13.0. The van der Waals surface area contributed by atoms with E-state index in [9.17, 15) is 9.90 Å². The summed E-state index contributed by atoms with van der Waals surface area (Å²) in [6.07, 6.45) is 0. The molecule has 0 amide bonds. The molecule has 5 rings (SSSR count). The summed E-state index contributed by atoms with van der Waals surface area (Å²) in [5, 5.41) is 13.0. The third kappa shape index (κ3) is 5.62. The quantitative estimate of drug-likeness (QED) is 0.267. The van der Waals surface area contributed by atoms with E-state index in [0.717, 1.165) is 38.9 Å². The number of benzene rings is 5. The Balaban J connectivity index is 0.00000320. The van der Waals surface area contributed by atoms with Gasteiger partial charge in [-0.25, -0.2) is 0 Å². The van der Waals surface area contributed by atoms with Gasteiger partial charge in [0.1, 0.15) is 0 Å². The zero-order valence-electron chi connectivity index (χ0n) is 21.2. The van der Waals surface area contributed by atoms with Crippen molar-refractivity contribution in [3.05, 3.63) is 178 Å². The molecule has 0 N–H and O–H groups in total. The molecule has 0 fully saturated rings. The average Bonchev–Trinajstić information content (AvgIpc) is 2.91. The monoisotopic (exact) mass is 474 g/mol. The number of aryl methyl sites for hydroxylation is 1. The second-order valence-corrected chi connectivity index (χ2v) is 9.11. The van der Waals surface area contributed by atoms with Crippen LogP contribution in [0.4, 0.5) is 0 Å². The molecule has 0 aliphatic rings. The van der Waals surface area contributed by atoms with Gasteiger partial charge in [-0.1, -0.05) is 139 Å². The van der Waals surface area contributed by atoms with E-state index in [1.807, 2.05) is 91.9 Å². The summed E-state index contributed by atoms with van der Waals surface area (Å²) in [4.78, 5) is 13.0. The van der Waals surface area contributed by atoms with Gasteiger partial charge < -0.3 is 9.90 Å². The average molecular weight is 475 g/mol. The molecule has 0 unspecified atom stereocenters. The molecule has 0 atom stereocenters. The van der Waals surface area contributed by atoms with Crippen molar-refractivity contribution in [3.8, 4) is 0 Å². The van der Waals surface area contributed by atoms with Crippen molar-refractivity contribution in [2.24, 2.45) is 0 Å². The molecule has 0 radical (unpaired) electrons. The van der Waals surface area contributed by atoms with Gasteiger partial charge in [0.25, 0.3) is 0 Å². The van der Waals surface area contributed by atoms with Crippen molar-refractivity contribution < 1.29 is 28.8 Å². The molecule has 0 aliphatic heterocycles. The Morgan fingerprint density at radius 2 is 0.811 bits per heavy atom. The molecule has 0 bridgehead atoms. The molecule has 0 aliphatic carbocycles. The molecule has 0 heterocycles. The van der Waals surface area contributed by atoms with E-state index in [4.69, 9.17) is 0 Å². The third-order valence-electron chi connectivity index (χ3n) is 6.70. The van der Waals surface area contributed by atoms with Gasteiger partial charge in [-0.05, 0) is 40.3 Å². The smallest absolute Gasteiger partial charge is 0.545 e. The van der Waals surface area contributed by atoms with Crippen LogP contribution in [0.2, 0.25) is 0 Å². The summed E-state index contributed by atoms with van der Waals surface area (Å²) in [5.41, 5.74) is 6.93. The number of carboxylic acid groups (broad SMARTS) is 1. The zero-order valence-corrected chi connectivity index (χ0v) is 21.2. The number of hydrogen-bond acceptors (Lipinski definition) is 2. The van der Waals surface area contributed by atoms with Gasteiger partial charge in [-0.3, -0.25) is 0 Å². The summed E-state index contributed by atoms with van der Waals surface area (Å²) in [6.45, 7) is 2.03. The van der Waals surface area contributed by atoms with E-state index in [-0.39, 0.29) is 36.3 Å². The van der Waals surface area contributed by atoms with Gasteiger partial charge in [0.05, 0.1) is 5.97 Å². The number of hydrogen-bond donors (Lipinski definition) is 0. The summed E-state index contributed by atoms with van der Waals surface area (Å²) < 4.78 is 0. The fraction of sp³-hybridized carbons (Fsp3) is 0.0882. The van der Waals surface area contributed by atoms with Gasteiger partial charge in [-0.2, -0.15) is 0 Å². The van der Waals surface area contributed by atoms with E-state index < -0.39 is 5.97 Å². The van der Waals surface area contributed by atoms with Crippen molar-refractivity contribution in [3.63, 3.8) is 0 Å². The van der Waals surface area contributed by atoms with E-state index in [0.29, 0.717) is 0 Å². The van der Waals surface area contributed by atoms with Crippen LogP contribution in [0.25, 0.3) is 0 Å². The molecule has 5 aromatic carbocycles. The summed E-state index contributed by atoms with van der Waals surface area (Å²) >= 11 is 0. The van der Waals surface area contributed by atoms with E-state index in [1.54, 1.807) is 0 Å². The number of carbonyl (C=O) groups is 1. The van der Waals surface area contributed by atoms with Gasteiger partial charge in [0, 0.05) is 17.4 Å². The number of carboxylic acids is 1. The van der Waals surface area contributed by atoms with E-state index >= 15 is 0 Å². The molecule has 2 nitrogen and oxygen atoms in total. The summed E-state index contributed by atoms with van der Waals surface area (Å²) in [5.74, 6) is -1.65. The fourth-order valence-corrected chi connectivity index (χ4v) is 5.22. The van der Waals surface area contributed by atoms with Gasteiger partial charge in [0.2, 0.25) is 0 Å². The van der Waals surface area contributed by atoms with Crippen LogP contribution >= 0.6 is 0 Å². The van der Waals surface area contributed by atoms with Crippen LogP contribution < -0.4 is 24.0 Å². The third-order valence-corrected chi connectivity index (χ3v) is 6.70. The van der Waals surface area contributed by atoms with Crippen LogP contribution in [0.1, 0.15) is 61.1 Å². The predicted molar refractivity (Wildman–Crippen MR) is 143 cm³/mol. The SMILES string of the molecule is Cc1cc(C(c2ccccc2)c2ccccc2)c(C(=O)[O-])c(C(c2ccccc2)c2ccccc2)c1.[Li+]. The first-order valence-electron chi connectivity index (χ1n) is 12.2. The summed E-state index contributed by atoms with van der Waals surface area (Å²) in [6, 6.07) is 44.4. The Morgan fingerprint density at radius 1 is 0.541 bits per heavy atom. The maximum atomic E-state index is 13.0. The molecule has 176 valence electrons. The first-order valence-corrected chi connectivity index (χ1v) is 12.2. The number of rotatable bonds is 7. The molecule has 5 aromatic rings. The van der Waals surface area contributed by atoms with Crippen LogP contribution in [0.15, 0.2) is 133 Å². The Labute approximate surface area is 230 Å². The van der Waals surface area contributed by atoms with Crippen LogP contribution in [0.3, 0.4) is 0 Å². The van der Waals surface area contributed by atoms with Crippen molar-refractivity contribution in [1.82, 2.24) is 0 Å². The molecule has 0 aromatic heterocycles. The molecular formula is C34H27LiO2. The normalized spacial score (nSPS) is 10.8. The minimum Gasteiger partial charge on any atom is -0.545 e. The van der Waals surface area contributed by atoms with Crippen LogP contribution in [0, 0.1) is 6.92 Å². The fourth-order valence-electron chi connectivity index (χ4n) is 5.22. The first kappa shape index (κ1) is 26.2. The van der Waals surface area contributed by atoms with Crippen molar-refractivity contribution in [2.75, 3.05) is 0 Å². The molecule has 3 heteroatoms. The number of carbonyl (C=O) groups excluding carboxylic acids is 1. The Kier molecular flexibility index (Phi) is 8.46. The van der Waals surface area contributed by atoms with E-state index in [1.165, 1.54) is 0 Å². The molecular weight excluding hydrogens is 447 g/mol. The van der Waals surface area contributed by atoms with Gasteiger partial charge in [0.15, 0.2) is 0 Å². The Bertz CT molecular complexity index is 1270. The first-order chi connectivity index (χ1) is 17.6. The Hall–Kier alpha value is -3.83. The minimum atomic E-state index is -1.16. The van der Waals surface area contributed by atoms with Gasteiger partial charge >= 0.3 is 18.9 Å². The van der Waals surface area contributed by atoms with Crippen molar-refractivity contribution in [1.29, 1.82) is 0 Å². The molecule has 37 heavy (non-hydrogen) atoms. The zero-order chi connectivity index (χ0) is 24.9. The van der Waals surface area contributed by atoms with Crippen LogP contribution in [0.5, 0.6) is 0 Å². The molecule has 0 saturated carbocycles. The maximum Gasteiger partial charge on any atom is 1.00 e. The standard InChI is InChI=1S/C34H28O2.Li/c1-24-22-29(31(25-14-6-2-7-15-25)26-16-8-3-9-17-26)33(34(35)36)30(23-24)32(27-18-10-4-11-19-27)28-20-12-5-13-21-28;/h2-23,31-32H,1H3,(H,35,36);/q;+1/p-1. The summed E-state index contributed by atoms with van der Waals surface area (Å²) in [7, 11) is 0. The molecule has 0 saturated heterocycles. The second kappa shape index (κ2) is 11.9. The topological polar surface area (TPSA) is 40.1 Å². The van der Waals surface area contributed by atoms with Crippen molar-refractivity contribution in [2.45, 2.75) is 18.8 Å². The van der Waals surface area contributed by atoms with Crippen molar-refractivity contribution >= 4 is 5.97 Å². The molecule has 0 spiro atoms. The van der Waals surface area contributed by atoms with Gasteiger partial charge in [-0.15, -0.1) is 0 Å². The van der Waals surface area contributed by atoms with Crippen LogP contribution in [-0.2, 0) is 0 Å². The predicted octanol–water partition coefficient (Wildman–Crippen LogP) is 3.72.